The summed E-state index contributed by atoms with van der Waals surface area (Å²) >= 11 is 0. The minimum atomic E-state index is -1.35. The Morgan fingerprint density at radius 3 is 2.17 bits per heavy atom. The molecule has 11 heteroatoms. The molecule has 0 radical (unpaired) electrons. The van der Waals surface area contributed by atoms with Crippen LogP contribution in [0.25, 0.3) is 0 Å². The van der Waals surface area contributed by atoms with Gasteiger partial charge in [0.1, 0.15) is 12.1 Å². The molecule has 0 aliphatic carbocycles. The minimum Gasteiger partial charge on any atom is -0.481 e. The van der Waals surface area contributed by atoms with E-state index in [9.17, 15) is 24.0 Å². The number of nitrogens with zero attached hydrogens (tertiary/aromatic N) is 1. The molecular weight excluding hydrogens is 454 g/mol. The van der Waals surface area contributed by atoms with Gasteiger partial charge in [-0.05, 0) is 44.2 Å². The summed E-state index contributed by atoms with van der Waals surface area (Å²) in [5.41, 5.74) is 10.5. The highest BCUT2D eigenvalue weighted by molar-refractivity contribution is 5.95. The highest BCUT2D eigenvalue weighted by Gasteiger charge is 2.45. The van der Waals surface area contributed by atoms with Crippen molar-refractivity contribution in [3.05, 3.63) is 35.9 Å². The Bertz CT molecular complexity index is 914. The summed E-state index contributed by atoms with van der Waals surface area (Å²) in [5, 5.41) is 14.3. The fourth-order valence-corrected chi connectivity index (χ4v) is 4.42. The van der Waals surface area contributed by atoms with E-state index in [1.54, 1.807) is 29.2 Å². The molecule has 0 bridgehead atoms. The number of carbonyl (C=O) groups excluding carboxylic acids is 4. The van der Waals surface area contributed by atoms with Crippen LogP contribution < -0.4 is 22.1 Å². The summed E-state index contributed by atoms with van der Waals surface area (Å²) in [5.74, 6) is -3.24. The minimum absolute atomic E-state index is 0.222. The van der Waals surface area contributed by atoms with Crippen molar-refractivity contribution in [3.63, 3.8) is 0 Å². The average molecular weight is 490 g/mol. The number of nitrogens with one attached hydrogen (secondary N) is 2. The van der Waals surface area contributed by atoms with Gasteiger partial charge in [0.2, 0.25) is 23.6 Å². The first kappa shape index (κ1) is 27.8. The molecule has 1 aliphatic heterocycles. The van der Waals surface area contributed by atoms with E-state index < -0.39 is 41.7 Å². The van der Waals surface area contributed by atoms with Crippen LogP contribution in [0, 0.1) is 0 Å². The van der Waals surface area contributed by atoms with Crippen LogP contribution in [0.1, 0.15) is 51.0 Å². The van der Waals surface area contributed by atoms with Gasteiger partial charge in [-0.1, -0.05) is 30.3 Å². The normalized spacial score (nSPS) is 16.6. The molecule has 1 fully saturated rings. The number of amides is 4. The predicted octanol–water partition coefficient (Wildman–Crippen LogP) is -0.375. The Labute approximate surface area is 204 Å². The van der Waals surface area contributed by atoms with Gasteiger partial charge in [0, 0.05) is 20.0 Å². The van der Waals surface area contributed by atoms with E-state index in [0.717, 1.165) is 6.42 Å². The standard InChI is InChI=1S/C24H35N5O6/c1-16(30)27-18(9-5-6-12-25)22(34)29-13-10-24(11-14-29,17-7-3-2-4-8-17)23(35)28-19(21(26)33)15-20(31)32/h2-4,7-8,18-19H,5-6,9-15,25H2,1H3,(H2,26,33)(H,27,30)(H,28,35)(H,31,32)/t18-,19-/m0/s1. The molecule has 1 saturated heterocycles. The molecule has 1 aliphatic rings. The molecule has 0 unspecified atom stereocenters. The van der Waals surface area contributed by atoms with Gasteiger partial charge < -0.3 is 32.1 Å². The Morgan fingerprint density at radius 1 is 1.03 bits per heavy atom. The maximum atomic E-state index is 13.5. The Morgan fingerprint density at radius 2 is 1.66 bits per heavy atom. The lowest BCUT2D eigenvalue weighted by atomic mass is 9.71. The van der Waals surface area contributed by atoms with Gasteiger partial charge in [0.15, 0.2) is 0 Å². The molecule has 1 heterocycles. The first-order valence-electron chi connectivity index (χ1n) is 11.7. The maximum Gasteiger partial charge on any atom is 0.305 e. The number of carboxylic acid groups (broad SMARTS) is 1. The quantitative estimate of drug-likeness (QED) is 0.248. The highest BCUT2D eigenvalue weighted by Crippen LogP contribution is 2.36. The molecule has 0 saturated carbocycles. The second kappa shape index (κ2) is 12.8. The number of benzene rings is 1. The summed E-state index contributed by atoms with van der Waals surface area (Å²) < 4.78 is 0. The monoisotopic (exact) mass is 489 g/mol. The molecule has 4 amide bonds. The Balaban J connectivity index is 2.23. The van der Waals surface area contributed by atoms with E-state index in [0.29, 0.717) is 24.9 Å². The smallest absolute Gasteiger partial charge is 0.305 e. The van der Waals surface area contributed by atoms with Gasteiger partial charge in [-0.3, -0.25) is 24.0 Å². The van der Waals surface area contributed by atoms with Crippen molar-refractivity contribution < 1.29 is 29.1 Å². The van der Waals surface area contributed by atoms with Crippen LogP contribution >= 0.6 is 0 Å². The lowest BCUT2D eigenvalue weighted by molar-refractivity contribution is -0.142. The predicted molar refractivity (Wildman–Crippen MR) is 128 cm³/mol. The van der Waals surface area contributed by atoms with E-state index >= 15 is 0 Å². The molecule has 1 aromatic carbocycles. The van der Waals surface area contributed by atoms with Crippen LogP contribution in [0.3, 0.4) is 0 Å². The van der Waals surface area contributed by atoms with E-state index in [-0.39, 0.29) is 37.7 Å². The van der Waals surface area contributed by atoms with Gasteiger partial charge in [-0.15, -0.1) is 0 Å². The largest absolute Gasteiger partial charge is 0.481 e. The van der Waals surface area contributed by atoms with Crippen LogP contribution in [-0.4, -0.2) is 71.3 Å². The number of primary amides is 1. The van der Waals surface area contributed by atoms with Crippen LogP contribution in [0.4, 0.5) is 0 Å². The van der Waals surface area contributed by atoms with Crippen molar-refractivity contribution in [2.24, 2.45) is 11.5 Å². The van der Waals surface area contributed by atoms with Crippen molar-refractivity contribution in [2.75, 3.05) is 19.6 Å². The molecule has 0 spiro atoms. The van der Waals surface area contributed by atoms with Gasteiger partial charge in [0.05, 0.1) is 11.8 Å². The number of unbranched alkanes of at least 4 members (excludes halogenated alkanes) is 1. The molecule has 35 heavy (non-hydrogen) atoms. The number of carboxylic acids is 1. The summed E-state index contributed by atoms with van der Waals surface area (Å²) in [6.45, 7) is 2.34. The van der Waals surface area contributed by atoms with Crippen molar-refractivity contribution in [2.45, 2.75) is 62.9 Å². The van der Waals surface area contributed by atoms with Gasteiger partial charge >= 0.3 is 5.97 Å². The fraction of sp³-hybridized carbons (Fsp3) is 0.542. The van der Waals surface area contributed by atoms with E-state index in [1.165, 1.54) is 6.92 Å². The van der Waals surface area contributed by atoms with Crippen molar-refractivity contribution in [1.29, 1.82) is 0 Å². The third-order valence-corrected chi connectivity index (χ3v) is 6.34. The molecular formula is C24H35N5O6. The number of likely N-dealkylation sites (tertiary alicyclic amines) is 1. The van der Waals surface area contributed by atoms with Crippen LogP contribution in [0.15, 0.2) is 30.3 Å². The zero-order valence-corrected chi connectivity index (χ0v) is 20.0. The number of piperidine rings is 1. The molecule has 192 valence electrons. The van der Waals surface area contributed by atoms with Gasteiger partial charge in [-0.25, -0.2) is 0 Å². The molecule has 2 rings (SSSR count). The number of aliphatic carboxylic acids is 1. The average Bonchev–Trinajstić information content (AvgIpc) is 2.82. The van der Waals surface area contributed by atoms with Crippen LogP contribution in [0.5, 0.6) is 0 Å². The second-order valence-corrected chi connectivity index (χ2v) is 8.84. The summed E-state index contributed by atoms with van der Waals surface area (Å²) in [7, 11) is 0. The lowest BCUT2D eigenvalue weighted by Gasteiger charge is -2.42. The summed E-state index contributed by atoms with van der Waals surface area (Å²) in [4.78, 5) is 62.8. The molecule has 11 nitrogen and oxygen atoms in total. The Hall–Kier alpha value is -3.47. The summed E-state index contributed by atoms with van der Waals surface area (Å²) in [6, 6.07) is 6.94. The highest BCUT2D eigenvalue weighted by atomic mass is 16.4. The van der Waals surface area contributed by atoms with E-state index in [2.05, 4.69) is 10.6 Å². The third kappa shape index (κ3) is 7.51. The first-order valence-corrected chi connectivity index (χ1v) is 11.7. The number of hydrogen-bond acceptors (Lipinski definition) is 6. The van der Waals surface area contributed by atoms with Crippen LogP contribution in [-0.2, 0) is 29.4 Å². The molecule has 2 atom stereocenters. The van der Waals surface area contributed by atoms with Crippen molar-refractivity contribution in [3.8, 4) is 0 Å². The fourth-order valence-electron chi connectivity index (χ4n) is 4.42. The van der Waals surface area contributed by atoms with Crippen LogP contribution in [0.2, 0.25) is 0 Å². The summed E-state index contributed by atoms with van der Waals surface area (Å²) in [6.07, 6.45) is 1.77. The number of hydrogen-bond donors (Lipinski definition) is 5. The van der Waals surface area contributed by atoms with Crippen molar-refractivity contribution >= 4 is 29.6 Å². The maximum absolute atomic E-state index is 13.5. The molecule has 1 aromatic rings. The third-order valence-electron chi connectivity index (χ3n) is 6.34. The zero-order chi connectivity index (χ0) is 26.0. The number of nitrogens with two attached hydrogens (primary N) is 2. The number of rotatable bonds is 12. The number of carbonyl (C=O) groups is 5. The SMILES string of the molecule is CC(=O)N[C@@H](CCCCN)C(=O)N1CCC(C(=O)N[C@@H](CC(=O)O)C(N)=O)(c2ccccc2)CC1. The topological polar surface area (TPSA) is 185 Å². The van der Waals surface area contributed by atoms with Gasteiger partial charge in [-0.2, -0.15) is 0 Å². The van der Waals surface area contributed by atoms with E-state index in [4.69, 9.17) is 16.6 Å². The lowest BCUT2D eigenvalue weighted by Crippen LogP contribution is -2.58. The van der Waals surface area contributed by atoms with Crippen molar-refractivity contribution in [1.82, 2.24) is 15.5 Å². The second-order valence-electron chi connectivity index (χ2n) is 8.84. The molecule has 7 N–H and O–H groups in total. The zero-order valence-electron chi connectivity index (χ0n) is 20.0. The Kier molecular flexibility index (Phi) is 10.2. The van der Waals surface area contributed by atoms with E-state index in [1.807, 2.05) is 6.07 Å². The first-order chi connectivity index (χ1) is 16.6. The van der Waals surface area contributed by atoms with Gasteiger partial charge in [0.25, 0.3) is 0 Å². The molecule has 0 aromatic heterocycles.